The fourth-order valence-corrected chi connectivity index (χ4v) is 5.39. The molecule has 12 nitrogen and oxygen atoms in total. The minimum absolute atomic E-state index is 0.0138. The molecule has 2 fully saturated rings. The summed E-state index contributed by atoms with van der Waals surface area (Å²) in [5.74, 6) is -0.708. The summed E-state index contributed by atoms with van der Waals surface area (Å²) in [6.45, 7) is -0.157. The van der Waals surface area contributed by atoms with Crippen LogP contribution in [-0.4, -0.2) is 57.0 Å². The number of imidazole rings is 1. The van der Waals surface area contributed by atoms with Crippen LogP contribution >= 0.6 is 0 Å². The summed E-state index contributed by atoms with van der Waals surface area (Å²) in [7, 11) is 2.90. The third-order valence-electron chi connectivity index (χ3n) is 7.42. The number of aryl methyl sites for hydroxylation is 1. The molecule has 2 saturated carbocycles. The Morgan fingerprint density at radius 3 is 2.72 bits per heavy atom. The van der Waals surface area contributed by atoms with Crippen molar-refractivity contribution in [3.05, 3.63) is 59.1 Å². The molecule has 2 aromatic heterocycles. The van der Waals surface area contributed by atoms with Crippen LogP contribution < -0.4 is 21.5 Å². The van der Waals surface area contributed by atoms with Crippen molar-refractivity contribution in [2.45, 2.75) is 57.2 Å². The van der Waals surface area contributed by atoms with E-state index in [9.17, 15) is 24.0 Å². The fourth-order valence-electron chi connectivity index (χ4n) is 5.39. The van der Waals surface area contributed by atoms with E-state index in [1.807, 2.05) is 0 Å². The topological polar surface area (TPSA) is 153 Å². The zero-order valence-electron chi connectivity index (χ0n) is 22.1. The molecular weight excluding hydrogens is 504 g/mol. The van der Waals surface area contributed by atoms with Crippen molar-refractivity contribution >= 4 is 29.4 Å². The lowest BCUT2D eigenvalue weighted by Crippen LogP contribution is -2.45. The van der Waals surface area contributed by atoms with Gasteiger partial charge < -0.3 is 29.8 Å². The van der Waals surface area contributed by atoms with E-state index in [4.69, 9.17) is 0 Å². The molecule has 0 aliphatic heterocycles. The Kier molecular flexibility index (Phi) is 8.95. The Balaban J connectivity index is 1.41. The van der Waals surface area contributed by atoms with Crippen molar-refractivity contribution in [1.82, 2.24) is 24.8 Å². The van der Waals surface area contributed by atoms with Gasteiger partial charge in [0.05, 0.1) is 19.6 Å². The van der Waals surface area contributed by atoms with Gasteiger partial charge in [-0.15, -0.1) is 0 Å². The first-order valence-electron chi connectivity index (χ1n) is 13.1. The summed E-state index contributed by atoms with van der Waals surface area (Å²) in [5, 5.41) is 8.32. The third kappa shape index (κ3) is 7.01. The maximum absolute atomic E-state index is 13.2. The molecular formula is C27H34N6O6. The van der Waals surface area contributed by atoms with Gasteiger partial charge in [-0.05, 0) is 56.1 Å². The van der Waals surface area contributed by atoms with E-state index >= 15 is 0 Å². The van der Waals surface area contributed by atoms with Crippen molar-refractivity contribution in [3.63, 3.8) is 0 Å². The lowest BCUT2D eigenvalue weighted by Gasteiger charge is -2.23. The van der Waals surface area contributed by atoms with Gasteiger partial charge >= 0.3 is 5.97 Å². The molecule has 39 heavy (non-hydrogen) atoms. The average molecular weight is 539 g/mol. The van der Waals surface area contributed by atoms with E-state index < -0.39 is 29.4 Å². The summed E-state index contributed by atoms with van der Waals surface area (Å²) in [6.07, 6.45) is 12.0. The van der Waals surface area contributed by atoms with Crippen LogP contribution in [0.1, 0.15) is 49.0 Å². The maximum atomic E-state index is 13.2. The van der Waals surface area contributed by atoms with Crippen LogP contribution in [0, 0.1) is 11.8 Å². The molecule has 0 aromatic carbocycles. The molecule has 3 amide bonds. The van der Waals surface area contributed by atoms with E-state index in [-0.39, 0.29) is 42.7 Å². The summed E-state index contributed by atoms with van der Waals surface area (Å²) in [5.41, 5.74) is -0.294. The first-order chi connectivity index (χ1) is 18.7. The Morgan fingerprint density at radius 2 is 2.05 bits per heavy atom. The predicted octanol–water partition coefficient (Wildman–Crippen LogP) is 1.13. The van der Waals surface area contributed by atoms with Gasteiger partial charge in [0.15, 0.2) is 0 Å². The Bertz CT molecular complexity index is 1310. The number of carbonyl (C=O) groups excluding carboxylic acids is 4. The van der Waals surface area contributed by atoms with Crippen LogP contribution in [0.4, 0.5) is 5.69 Å². The van der Waals surface area contributed by atoms with Crippen molar-refractivity contribution in [1.29, 1.82) is 0 Å². The number of hydrogen-bond acceptors (Lipinski definition) is 7. The van der Waals surface area contributed by atoms with Gasteiger partial charge in [-0.1, -0.05) is 12.5 Å². The smallest absolute Gasteiger partial charge is 0.330 e. The van der Waals surface area contributed by atoms with E-state index in [1.54, 1.807) is 13.1 Å². The summed E-state index contributed by atoms with van der Waals surface area (Å²) in [4.78, 5) is 66.9. The molecule has 4 atom stereocenters. The number of methoxy groups -OCH3 is 1. The molecule has 208 valence electrons. The number of fused-ring (bicyclic) bond motifs is 2. The molecule has 0 spiro atoms. The SMILES string of the molecule is COC(=O)/C=C/CC[C@H](NC(=O)c1cncn1C)C(=O)Nc1cccn(CC(=O)N[C@@H]2C[C@H]3CC[C@@H]2C3)c1=O. The van der Waals surface area contributed by atoms with Crippen molar-refractivity contribution in [3.8, 4) is 0 Å². The number of anilines is 1. The molecule has 0 unspecified atom stereocenters. The molecule has 2 aliphatic carbocycles. The Morgan fingerprint density at radius 1 is 1.23 bits per heavy atom. The zero-order chi connectivity index (χ0) is 27.9. The number of amides is 3. The number of nitrogens with zero attached hydrogens (tertiary/aromatic N) is 3. The second-order valence-electron chi connectivity index (χ2n) is 10.1. The fraction of sp³-hybridized carbons (Fsp3) is 0.481. The molecule has 2 aliphatic rings. The van der Waals surface area contributed by atoms with Crippen LogP contribution in [0.2, 0.25) is 0 Å². The lowest BCUT2D eigenvalue weighted by molar-refractivity contribution is -0.134. The quantitative estimate of drug-likeness (QED) is 0.286. The number of esters is 1. The van der Waals surface area contributed by atoms with Gasteiger partial charge in [0, 0.05) is 25.4 Å². The number of pyridine rings is 1. The largest absolute Gasteiger partial charge is 0.466 e. The van der Waals surface area contributed by atoms with E-state index in [0.29, 0.717) is 11.8 Å². The van der Waals surface area contributed by atoms with Crippen LogP contribution in [0.5, 0.6) is 0 Å². The third-order valence-corrected chi connectivity index (χ3v) is 7.42. The molecule has 2 heterocycles. The second kappa shape index (κ2) is 12.5. The summed E-state index contributed by atoms with van der Waals surface area (Å²) >= 11 is 0. The number of rotatable bonds is 11. The molecule has 0 radical (unpaired) electrons. The summed E-state index contributed by atoms with van der Waals surface area (Å²) < 4.78 is 7.33. The molecule has 3 N–H and O–H groups in total. The number of carbonyl (C=O) groups is 4. The van der Waals surface area contributed by atoms with E-state index in [2.05, 4.69) is 25.7 Å². The van der Waals surface area contributed by atoms with Gasteiger partial charge in [0.1, 0.15) is 24.0 Å². The van der Waals surface area contributed by atoms with Gasteiger partial charge in [-0.25, -0.2) is 9.78 Å². The molecule has 12 heteroatoms. The Labute approximate surface area is 225 Å². The van der Waals surface area contributed by atoms with Crippen LogP contribution in [0.25, 0.3) is 0 Å². The summed E-state index contributed by atoms with van der Waals surface area (Å²) in [6, 6.07) is 2.15. The van der Waals surface area contributed by atoms with Gasteiger partial charge in [0.25, 0.3) is 11.5 Å². The average Bonchev–Trinajstić information content (AvgIpc) is 3.65. The predicted molar refractivity (Wildman–Crippen MR) is 142 cm³/mol. The highest BCUT2D eigenvalue weighted by molar-refractivity contribution is 6.00. The first-order valence-corrected chi connectivity index (χ1v) is 13.1. The van der Waals surface area contributed by atoms with E-state index in [1.165, 1.54) is 59.6 Å². The zero-order valence-corrected chi connectivity index (χ0v) is 22.1. The minimum atomic E-state index is -1.02. The van der Waals surface area contributed by atoms with E-state index in [0.717, 1.165) is 19.3 Å². The Hall–Kier alpha value is -4.22. The number of hydrogen-bond donors (Lipinski definition) is 3. The minimum Gasteiger partial charge on any atom is -0.466 e. The second-order valence-corrected chi connectivity index (χ2v) is 10.1. The van der Waals surface area contributed by atoms with Crippen molar-refractivity contribution in [2.75, 3.05) is 12.4 Å². The number of nitrogens with one attached hydrogen (secondary N) is 3. The standard InChI is InChI=1S/C27H34N6O6/c1-32-16-28-14-22(32)26(37)30-19(6-3-4-8-24(35)39-2)25(36)31-20-7-5-11-33(27(20)38)15-23(34)29-21-13-17-9-10-18(21)12-17/h4-5,7-8,11,14,16-19,21H,3,6,9-10,12-13,15H2,1-2H3,(H,29,34)(H,30,37)(H,31,36)/b8-4+/t17-,18+,19-,21+/m0/s1. The van der Waals surface area contributed by atoms with Crippen molar-refractivity contribution in [2.24, 2.45) is 18.9 Å². The maximum Gasteiger partial charge on any atom is 0.330 e. The molecule has 0 saturated heterocycles. The first kappa shape index (κ1) is 27.8. The monoisotopic (exact) mass is 538 g/mol. The van der Waals surface area contributed by atoms with Crippen molar-refractivity contribution < 1.29 is 23.9 Å². The lowest BCUT2D eigenvalue weighted by atomic mass is 9.95. The molecule has 4 rings (SSSR count). The van der Waals surface area contributed by atoms with Gasteiger partial charge in [-0.3, -0.25) is 19.2 Å². The van der Waals surface area contributed by atoms with Crippen LogP contribution in [0.15, 0.2) is 47.8 Å². The highest BCUT2D eigenvalue weighted by Crippen LogP contribution is 2.44. The van der Waals surface area contributed by atoms with Crippen LogP contribution in [0.3, 0.4) is 0 Å². The number of ether oxygens (including phenoxy) is 1. The van der Waals surface area contributed by atoms with Gasteiger partial charge in [0.2, 0.25) is 11.8 Å². The number of aromatic nitrogens is 3. The highest BCUT2D eigenvalue weighted by atomic mass is 16.5. The molecule has 2 aromatic rings. The normalized spacial score (nSPS) is 20.5. The van der Waals surface area contributed by atoms with Gasteiger partial charge in [-0.2, -0.15) is 0 Å². The number of allylic oxidation sites excluding steroid dienone is 1. The van der Waals surface area contributed by atoms with Crippen LogP contribution in [-0.2, 0) is 32.7 Å². The molecule has 2 bridgehead atoms. The highest BCUT2D eigenvalue weighted by Gasteiger charge is 2.40.